The fourth-order valence-corrected chi connectivity index (χ4v) is 0.999. The first-order valence-electron chi connectivity index (χ1n) is 4.83. The van der Waals surface area contributed by atoms with Crippen molar-refractivity contribution in [2.24, 2.45) is 0 Å². The van der Waals surface area contributed by atoms with E-state index in [9.17, 15) is 9.90 Å². The van der Waals surface area contributed by atoms with Crippen molar-refractivity contribution in [2.75, 3.05) is 0 Å². The average Bonchev–Trinajstić information content (AvgIpc) is 2.17. The molecule has 5 nitrogen and oxygen atoms in total. The number of aliphatic hydroxyl groups excluding tert-OH is 1. The number of hydrogen-bond acceptors (Lipinski definition) is 4. The summed E-state index contributed by atoms with van der Waals surface area (Å²) in [6, 6.07) is 2.96. The Kier molecular flexibility index (Phi) is 3.83. The highest BCUT2D eigenvalue weighted by atomic mass is 35.5. The SMILES string of the molecule is CC(O)C(C)(C)NC(=O)c1ccc(Cl)nn1. The summed E-state index contributed by atoms with van der Waals surface area (Å²) < 4.78 is 0. The average molecular weight is 244 g/mol. The van der Waals surface area contributed by atoms with Gasteiger partial charge in [-0.1, -0.05) is 11.6 Å². The third kappa shape index (κ3) is 3.15. The Hall–Kier alpha value is -1.20. The number of hydrogen-bond donors (Lipinski definition) is 2. The summed E-state index contributed by atoms with van der Waals surface area (Å²) in [6.07, 6.45) is -0.670. The molecule has 1 aromatic rings. The predicted molar refractivity (Wildman–Crippen MR) is 60.3 cm³/mol. The maximum absolute atomic E-state index is 11.7. The van der Waals surface area contributed by atoms with E-state index >= 15 is 0 Å². The van der Waals surface area contributed by atoms with E-state index in [1.165, 1.54) is 12.1 Å². The number of halogens is 1. The quantitative estimate of drug-likeness (QED) is 0.831. The maximum atomic E-state index is 11.7. The monoisotopic (exact) mass is 243 g/mol. The lowest BCUT2D eigenvalue weighted by Gasteiger charge is -2.28. The molecule has 88 valence electrons. The van der Waals surface area contributed by atoms with Crippen LogP contribution in [0.4, 0.5) is 0 Å². The van der Waals surface area contributed by atoms with E-state index in [1.807, 2.05) is 0 Å². The van der Waals surface area contributed by atoms with Gasteiger partial charge in [0.1, 0.15) is 0 Å². The number of rotatable bonds is 3. The fraction of sp³-hybridized carbons (Fsp3) is 0.500. The molecule has 0 aliphatic heterocycles. The molecule has 1 amide bonds. The first kappa shape index (κ1) is 12.9. The summed E-state index contributed by atoms with van der Waals surface area (Å²) in [4.78, 5) is 11.7. The second-order valence-electron chi connectivity index (χ2n) is 4.09. The molecule has 1 atom stereocenters. The highest BCUT2D eigenvalue weighted by Crippen LogP contribution is 2.10. The molecule has 6 heteroatoms. The van der Waals surface area contributed by atoms with Gasteiger partial charge in [-0.25, -0.2) is 0 Å². The van der Waals surface area contributed by atoms with E-state index in [1.54, 1.807) is 20.8 Å². The molecule has 1 unspecified atom stereocenters. The summed E-state index contributed by atoms with van der Waals surface area (Å²) in [5, 5.41) is 19.5. The Labute approximate surface area is 98.8 Å². The number of carbonyl (C=O) groups is 1. The maximum Gasteiger partial charge on any atom is 0.272 e. The number of aromatic nitrogens is 2. The van der Waals surface area contributed by atoms with Gasteiger partial charge in [-0.3, -0.25) is 4.79 Å². The van der Waals surface area contributed by atoms with E-state index in [0.717, 1.165) is 0 Å². The molecule has 1 rings (SSSR count). The van der Waals surface area contributed by atoms with Crippen molar-refractivity contribution in [1.82, 2.24) is 15.5 Å². The summed E-state index contributed by atoms with van der Waals surface area (Å²) in [5.74, 6) is -0.393. The summed E-state index contributed by atoms with van der Waals surface area (Å²) in [6.45, 7) is 5.05. The Morgan fingerprint density at radius 1 is 1.50 bits per heavy atom. The topological polar surface area (TPSA) is 75.1 Å². The number of carbonyl (C=O) groups excluding carboxylic acids is 1. The van der Waals surface area contributed by atoms with Gasteiger partial charge in [0, 0.05) is 0 Å². The van der Waals surface area contributed by atoms with Gasteiger partial charge < -0.3 is 10.4 Å². The van der Waals surface area contributed by atoms with Gasteiger partial charge in [0.25, 0.3) is 5.91 Å². The number of nitrogens with one attached hydrogen (secondary N) is 1. The van der Waals surface area contributed by atoms with Crippen molar-refractivity contribution in [3.8, 4) is 0 Å². The first-order chi connectivity index (χ1) is 7.33. The largest absolute Gasteiger partial charge is 0.391 e. The predicted octanol–water partition coefficient (Wildman–Crippen LogP) is 1.02. The van der Waals surface area contributed by atoms with Gasteiger partial charge in [0.05, 0.1) is 11.6 Å². The normalized spacial score (nSPS) is 13.3. The van der Waals surface area contributed by atoms with Crippen LogP contribution in [0.25, 0.3) is 0 Å². The zero-order chi connectivity index (χ0) is 12.3. The Balaban J connectivity index is 2.77. The van der Waals surface area contributed by atoms with Crippen LogP contribution in [0.2, 0.25) is 5.15 Å². The minimum Gasteiger partial charge on any atom is -0.391 e. The molecule has 16 heavy (non-hydrogen) atoms. The highest BCUT2D eigenvalue weighted by Gasteiger charge is 2.26. The van der Waals surface area contributed by atoms with Crippen molar-refractivity contribution in [1.29, 1.82) is 0 Å². The van der Waals surface area contributed by atoms with Gasteiger partial charge in [0.15, 0.2) is 10.8 Å². The van der Waals surface area contributed by atoms with Crippen LogP contribution in [0.15, 0.2) is 12.1 Å². The third-order valence-corrected chi connectivity index (χ3v) is 2.55. The minimum absolute atomic E-state index is 0.165. The first-order valence-corrected chi connectivity index (χ1v) is 5.20. The van der Waals surface area contributed by atoms with Crippen LogP contribution >= 0.6 is 11.6 Å². The molecule has 2 N–H and O–H groups in total. The molecule has 0 saturated heterocycles. The van der Waals surface area contributed by atoms with Gasteiger partial charge in [0.2, 0.25) is 0 Å². The highest BCUT2D eigenvalue weighted by molar-refractivity contribution is 6.29. The Morgan fingerprint density at radius 3 is 2.56 bits per heavy atom. The van der Waals surface area contributed by atoms with Gasteiger partial charge >= 0.3 is 0 Å². The zero-order valence-corrected chi connectivity index (χ0v) is 10.1. The molecule has 0 saturated carbocycles. The van der Waals surface area contributed by atoms with Crippen LogP contribution in [-0.2, 0) is 0 Å². The smallest absolute Gasteiger partial charge is 0.272 e. The van der Waals surface area contributed by atoms with Crippen molar-refractivity contribution in [2.45, 2.75) is 32.4 Å². The second kappa shape index (κ2) is 4.76. The van der Waals surface area contributed by atoms with Crippen LogP contribution in [0.1, 0.15) is 31.3 Å². The molecule has 0 radical (unpaired) electrons. The molecule has 0 fully saturated rings. The molecule has 1 heterocycles. The Bertz CT molecular complexity index is 376. The minimum atomic E-state index is -0.724. The van der Waals surface area contributed by atoms with Crippen LogP contribution in [0.3, 0.4) is 0 Å². The van der Waals surface area contributed by atoms with Gasteiger partial charge in [-0.05, 0) is 32.9 Å². The van der Waals surface area contributed by atoms with Crippen molar-refractivity contribution in [3.63, 3.8) is 0 Å². The van der Waals surface area contributed by atoms with Crippen molar-refractivity contribution >= 4 is 17.5 Å². The van der Waals surface area contributed by atoms with E-state index in [0.29, 0.717) is 0 Å². The lowest BCUT2D eigenvalue weighted by Crippen LogP contribution is -2.51. The van der Waals surface area contributed by atoms with Gasteiger partial charge in [-0.15, -0.1) is 10.2 Å². The number of amides is 1. The summed E-state index contributed by atoms with van der Waals surface area (Å²) >= 11 is 5.55. The third-order valence-electron chi connectivity index (χ3n) is 2.34. The van der Waals surface area contributed by atoms with E-state index in [4.69, 9.17) is 11.6 Å². The van der Waals surface area contributed by atoms with E-state index in [2.05, 4.69) is 15.5 Å². The number of nitrogens with zero attached hydrogens (tertiary/aromatic N) is 2. The van der Waals surface area contributed by atoms with Crippen molar-refractivity contribution < 1.29 is 9.90 Å². The van der Waals surface area contributed by atoms with Crippen LogP contribution in [-0.4, -0.2) is 32.9 Å². The van der Waals surface area contributed by atoms with Crippen LogP contribution < -0.4 is 5.32 Å². The standard InChI is InChI=1S/C10H14ClN3O2/c1-6(15)10(2,3)12-9(16)7-4-5-8(11)14-13-7/h4-6,15H,1-3H3,(H,12,16). The fourth-order valence-electron chi connectivity index (χ4n) is 0.898. The van der Waals surface area contributed by atoms with E-state index in [-0.39, 0.29) is 10.8 Å². The zero-order valence-electron chi connectivity index (χ0n) is 9.36. The summed E-state index contributed by atoms with van der Waals surface area (Å²) in [7, 11) is 0. The van der Waals surface area contributed by atoms with Crippen LogP contribution in [0, 0.1) is 0 Å². The molecular weight excluding hydrogens is 230 g/mol. The second-order valence-corrected chi connectivity index (χ2v) is 4.48. The van der Waals surface area contributed by atoms with Crippen LogP contribution in [0.5, 0.6) is 0 Å². The molecule has 0 spiro atoms. The van der Waals surface area contributed by atoms with E-state index < -0.39 is 17.6 Å². The van der Waals surface area contributed by atoms with Crippen molar-refractivity contribution in [3.05, 3.63) is 23.0 Å². The molecular formula is C10H14ClN3O2. The molecule has 0 bridgehead atoms. The van der Waals surface area contributed by atoms with Gasteiger partial charge in [-0.2, -0.15) is 0 Å². The molecule has 0 aliphatic rings. The lowest BCUT2D eigenvalue weighted by molar-refractivity contribution is 0.0704. The number of aliphatic hydroxyl groups is 1. The molecule has 1 aromatic heterocycles. The lowest BCUT2D eigenvalue weighted by atomic mass is 9.98. The molecule has 0 aliphatic carbocycles. The Morgan fingerprint density at radius 2 is 2.12 bits per heavy atom. The molecule has 0 aromatic carbocycles. The summed E-state index contributed by atoms with van der Waals surface area (Å²) in [5.41, 5.74) is -0.559.